The van der Waals surface area contributed by atoms with Gasteiger partial charge in [-0.1, -0.05) is 0 Å². The van der Waals surface area contributed by atoms with Crippen LogP contribution in [0.1, 0.15) is 30.4 Å². The summed E-state index contributed by atoms with van der Waals surface area (Å²) >= 11 is 0. The fourth-order valence-corrected chi connectivity index (χ4v) is 3.16. The smallest absolute Gasteiger partial charge is 0.161 e. The predicted octanol–water partition coefficient (Wildman–Crippen LogP) is 3.01. The maximum absolute atomic E-state index is 11.7. The second-order valence-corrected chi connectivity index (χ2v) is 5.20. The van der Waals surface area contributed by atoms with Gasteiger partial charge in [0.1, 0.15) is 0 Å². The lowest BCUT2D eigenvalue weighted by Crippen LogP contribution is -2.19. The van der Waals surface area contributed by atoms with E-state index in [0.717, 1.165) is 30.8 Å². The van der Waals surface area contributed by atoms with E-state index in [0.29, 0.717) is 12.3 Å². The van der Waals surface area contributed by atoms with Gasteiger partial charge in [0.25, 0.3) is 0 Å². The van der Waals surface area contributed by atoms with Gasteiger partial charge >= 0.3 is 0 Å². The van der Waals surface area contributed by atoms with Crippen LogP contribution in [0.2, 0.25) is 0 Å². The molecule has 3 rings (SSSR count). The number of methoxy groups -OCH3 is 2. The van der Waals surface area contributed by atoms with Gasteiger partial charge in [0.2, 0.25) is 0 Å². The number of benzene rings is 1. The zero-order valence-corrected chi connectivity index (χ0v) is 11.4. The van der Waals surface area contributed by atoms with Crippen LogP contribution < -0.4 is 9.47 Å². The minimum absolute atomic E-state index is 0.244. The van der Waals surface area contributed by atoms with Crippen molar-refractivity contribution in [1.82, 2.24) is 0 Å². The third-order valence-electron chi connectivity index (χ3n) is 4.18. The summed E-state index contributed by atoms with van der Waals surface area (Å²) in [6.45, 7) is 0. The molecule has 0 heterocycles. The van der Waals surface area contributed by atoms with Crippen molar-refractivity contribution in [3.8, 4) is 11.5 Å². The molecule has 3 heteroatoms. The van der Waals surface area contributed by atoms with Crippen LogP contribution in [0.5, 0.6) is 11.5 Å². The zero-order valence-electron chi connectivity index (χ0n) is 11.4. The van der Waals surface area contributed by atoms with Crippen LogP contribution in [0.15, 0.2) is 18.2 Å². The molecule has 0 saturated carbocycles. The largest absolute Gasteiger partial charge is 0.493 e. The van der Waals surface area contributed by atoms with Gasteiger partial charge in [-0.05, 0) is 60.1 Å². The summed E-state index contributed by atoms with van der Waals surface area (Å²) in [4.78, 5) is 11.7. The molecule has 0 amide bonds. The maximum Gasteiger partial charge on any atom is 0.161 e. The summed E-state index contributed by atoms with van der Waals surface area (Å²) in [6, 6.07) is 4.06. The zero-order chi connectivity index (χ0) is 13.4. The molecule has 0 aromatic heterocycles. The number of aryl methyl sites for hydroxylation is 1. The molecule has 0 aliphatic heterocycles. The van der Waals surface area contributed by atoms with E-state index >= 15 is 0 Å². The van der Waals surface area contributed by atoms with Gasteiger partial charge in [-0.3, -0.25) is 4.79 Å². The van der Waals surface area contributed by atoms with Crippen molar-refractivity contribution in [1.29, 1.82) is 0 Å². The summed E-state index contributed by atoms with van der Waals surface area (Å²) < 4.78 is 10.7. The van der Waals surface area contributed by atoms with Gasteiger partial charge in [0.15, 0.2) is 17.3 Å². The van der Waals surface area contributed by atoms with E-state index in [1.807, 2.05) is 18.2 Å². The van der Waals surface area contributed by atoms with E-state index < -0.39 is 0 Å². The average molecular weight is 258 g/mol. The second-order valence-electron chi connectivity index (χ2n) is 5.20. The van der Waals surface area contributed by atoms with E-state index in [9.17, 15) is 4.79 Å². The SMILES string of the molecule is COc1cc2c(cc1OC)C1=CC(=O)CC[C@@H]1CC2. The molecule has 0 radical (unpaired) electrons. The van der Waals surface area contributed by atoms with Crippen molar-refractivity contribution in [2.45, 2.75) is 25.7 Å². The molecule has 0 saturated heterocycles. The Bertz CT molecular complexity index is 557. The Kier molecular flexibility index (Phi) is 3.05. The lowest BCUT2D eigenvalue weighted by molar-refractivity contribution is -0.115. The molecule has 2 aliphatic carbocycles. The number of ketones is 1. The van der Waals surface area contributed by atoms with Crippen molar-refractivity contribution in [2.75, 3.05) is 14.2 Å². The molecule has 2 aliphatic rings. The van der Waals surface area contributed by atoms with Crippen LogP contribution in [0, 0.1) is 5.92 Å². The number of carbonyl (C=O) groups is 1. The molecular weight excluding hydrogens is 240 g/mol. The van der Waals surface area contributed by atoms with Gasteiger partial charge in [-0.2, -0.15) is 0 Å². The second kappa shape index (κ2) is 4.72. The van der Waals surface area contributed by atoms with Crippen molar-refractivity contribution in [3.63, 3.8) is 0 Å². The lowest BCUT2D eigenvalue weighted by Gasteiger charge is -2.31. The molecule has 0 N–H and O–H groups in total. The number of hydrogen-bond acceptors (Lipinski definition) is 3. The van der Waals surface area contributed by atoms with Gasteiger partial charge < -0.3 is 9.47 Å². The lowest BCUT2D eigenvalue weighted by atomic mass is 9.74. The Labute approximate surface area is 113 Å². The number of rotatable bonds is 2. The van der Waals surface area contributed by atoms with Crippen LogP contribution in [0.25, 0.3) is 5.57 Å². The van der Waals surface area contributed by atoms with E-state index in [1.54, 1.807) is 14.2 Å². The highest BCUT2D eigenvalue weighted by Gasteiger charge is 2.29. The molecule has 1 atom stereocenters. The number of carbonyl (C=O) groups excluding carboxylic acids is 1. The van der Waals surface area contributed by atoms with Crippen molar-refractivity contribution < 1.29 is 14.3 Å². The van der Waals surface area contributed by atoms with Gasteiger partial charge in [0.05, 0.1) is 14.2 Å². The van der Waals surface area contributed by atoms with Gasteiger partial charge in [0, 0.05) is 6.42 Å². The summed E-state index contributed by atoms with van der Waals surface area (Å²) in [5.74, 6) is 2.28. The fourth-order valence-electron chi connectivity index (χ4n) is 3.16. The standard InChI is InChI=1S/C16H18O3/c1-18-15-7-11-4-3-10-5-6-12(17)8-13(10)14(11)9-16(15)19-2/h7-10H,3-6H2,1-2H3/t10-/m0/s1. The molecule has 0 fully saturated rings. The number of hydrogen-bond donors (Lipinski definition) is 0. The van der Waals surface area contributed by atoms with E-state index in [-0.39, 0.29) is 5.78 Å². The molecular formula is C16H18O3. The predicted molar refractivity (Wildman–Crippen MR) is 73.6 cm³/mol. The first kappa shape index (κ1) is 12.3. The Hall–Kier alpha value is -1.77. The van der Waals surface area contributed by atoms with Crippen molar-refractivity contribution in [2.24, 2.45) is 5.92 Å². The average Bonchev–Trinajstić information content (AvgIpc) is 2.45. The number of ether oxygens (including phenoxy) is 2. The Morgan fingerprint density at radius 3 is 2.47 bits per heavy atom. The quantitative estimate of drug-likeness (QED) is 0.818. The van der Waals surface area contributed by atoms with Gasteiger partial charge in [-0.15, -0.1) is 0 Å². The monoisotopic (exact) mass is 258 g/mol. The minimum atomic E-state index is 0.244. The molecule has 0 spiro atoms. The summed E-state index contributed by atoms with van der Waals surface area (Å²) in [5, 5.41) is 0. The molecule has 1 aromatic carbocycles. The molecule has 3 nitrogen and oxygen atoms in total. The molecule has 1 aromatic rings. The first-order chi connectivity index (χ1) is 9.22. The highest BCUT2D eigenvalue weighted by Crippen LogP contribution is 2.44. The Morgan fingerprint density at radius 1 is 1.05 bits per heavy atom. The Morgan fingerprint density at radius 2 is 1.74 bits per heavy atom. The van der Waals surface area contributed by atoms with Crippen molar-refractivity contribution >= 4 is 11.4 Å². The maximum atomic E-state index is 11.7. The van der Waals surface area contributed by atoms with Gasteiger partial charge in [-0.25, -0.2) is 0 Å². The minimum Gasteiger partial charge on any atom is -0.493 e. The first-order valence-electron chi connectivity index (χ1n) is 6.72. The third-order valence-corrected chi connectivity index (χ3v) is 4.18. The first-order valence-corrected chi connectivity index (χ1v) is 6.72. The molecule has 100 valence electrons. The van der Waals surface area contributed by atoms with E-state index in [1.165, 1.54) is 16.7 Å². The van der Waals surface area contributed by atoms with E-state index in [2.05, 4.69) is 0 Å². The number of allylic oxidation sites excluding steroid dienone is 2. The van der Waals surface area contributed by atoms with Crippen LogP contribution in [-0.2, 0) is 11.2 Å². The number of fused-ring (bicyclic) bond motifs is 3. The molecule has 0 bridgehead atoms. The third kappa shape index (κ3) is 2.03. The molecule has 19 heavy (non-hydrogen) atoms. The van der Waals surface area contributed by atoms with Crippen LogP contribution in [0.4, 0.5) is 0 Å². The Balaban J connectivity index is 2.13. The normalized spacial score (nSPS) is 21.3. The fraction of sp³-hybridized carbons (Fsp3) is 0.438. The molecule has 0 unspecified atom stereocenters. The highest BCUT2D eigenvalue weighted by molar-refractivity contribution is 5.99. The summed E-state index contributed by atoms with van der Waals surface area (Å²) in [6.07, 6.45) is 5.68. The summed E-state index contributed by atoms with van der Waals surface area (Å²) in [5.41, 5.74) is 3.62. The summed E-state index contributed by atoms with van der Waals surface area (Å²) in [7, 11) is 3.30. The van der Waals surface area contributed by atoms with Crippen LogP contribution in [0.3, 0.4) is 0 Å². The van der Waals surface area contributed by atoms with Crippen LogP contribution in [-0.4, -0.2) is 20.0 Å². The highest BCUT2D eigenvalue weighted by atomic mass is 16.5. The topological polar surface area (TPSA) is 35.5 Å². The van der Waals surface area contributed by atoms with Crippen LogP contribution >= 0.6 is 0 Å². The van der Waals surface area contributed by atoms with Crippen molar-refractivity contribution in [3.05, 3.63) is 29.3 Å². The van der Waals surface area contributed by atoms with E-state index in [4.69, 9.17) is 9.47 Å².